The van der Waals surface area contributed by atoms with Crippen LogP contribution in [0, 0.1) is 11.6 Å². The fraction of sp³-hybridized carbons (Fsp3) is 0.455. The molecular formula is C11H15F2NO2. The third-order valence-electron chi connectivity index (χ3n) is 2.29. The van der Waals surface area contributed by atoms with Crippen LogP contribution in [0.3, 0.4) is 0 Å². The Bertz CT molecular complexity index is 347. The molecule has 0 unspecified atom stereocenters. The summed E-state index contributed by atoms with van der Waals surface area (Å²) in [4.78, 5) is 1.70. The molecule has 0 saturated heterocycles. The van der Waals surface area contributed by atoms with E-state index in [-0.39, 0.29) is 13.2 Å². The summed E-state index contributed by atoms with van der Waals surface area (Å²) in [7, 11) is 1.72. The average Bonchev–Trinajstić information content (AvgIpc) is 2.22. The molecule has 2 N–H and O–H groups in total. The molecule has 0 spiro atoms. The molecule has 90 valence electrons. The Balaban J connectivity index is 2.65. The Morgan fingerprint density at radius 3 is 2.56 bits per heavy atom. The second kappa shape index (κ2) is 5.89. The Labute approximate surface area is 92.9 Å². The van der Waals surface area contributed by atoms with E-state index in [4.69, 9.17) is 5.11 Å². The van der Waals surface area contributed by atoms with Crippen LogP contribution in [0.25, 0.3) is 0 Å². The predicted octanol–water partition coefficient (Wildman–Crippen LogP) is 0.922. The van der Waals surface area contributed by atoms with Gasteiger partial charge in [0.2, 0.25) is 0 Å². The molecule has 0 radical (unpaired) electrons. The van der Waals surface area contributed by atoms with E-state index in [1.807, 2.05) is 0 Å². The van der Waals surface area contributed by atoms with Crippen molar-refractivity contribution in [2.45, 2.75) is 6.10 Å². The fourth-order valence-corrected chi connectivity index (χ4v) is 1.38. The number of aliphatic hydroxyl groups excluding tert-OH is 2. The van der Waals surface area contributed by atoms with Crippen LogP contribution in [0.4, 0.5) is 8.78 Å². The predicted molar refractivity (Wildman–Crippen MR) is 55.9 cm³/mol. The molecule has 1 atom stereocenters. The molecule has 0 fully saturated rings. The highest BCUT2D eigenvalue weighted by molar-refractivity contribution is 5.20. The van der Waals surface area contributed by atoms with Gasteiger partial charge >= 0.3 is 0 Å². The normalized spacial score (nSPS) is 13.1. The summed E-state index contributed by atoms with van der Waals surface area (Å²) >= 11 is 0. The number of benzene rings is 1. The first kappa shape index (κ1) is 13.0. The van der Waals surface area contributed by atoms with Crippen molar-refractivity contribution < 1.29 is 19.0 Å². The number of hydrogen-bond donors (Lipinski definition) is 2. The van der Waals surface area contributed by atoms with E-state index in [1.54, 1.807) is 11.9 Å². The molecule has 16 heavy (non-hydrogen) atoms. The summed E-state index contributed by atoms with van der Waals surface area (Å²) in [6.07, 6.45) is -0.897. The summed E-state index contributed by atoms with van der Waals surface area (Å²) in [5, 5.41) is 18.4. The zero-order valence-electron chi connectivity index (χ0n) is 9.03. The summed E-state index contributed by atoms with van der Waals surface area (Å²) < 4.78 is 25.5. The maximum absolute atomic E-state index is 12.9. The average molecular weight is 231 g/mol. The lowest BCUT2D eigenvalue weighted by Gasteiger charge is -2.19. The SMILES string of the molecule is CN(CCO)C[C@@H](O)c1ccc(F)c(F)c1. The highest BCUT2D eigenvalue weighted by Gasteiger charge is 2.12. The van der Waals surface area contributed by atoms with Crippen molar-refractivity contribution in [2.75, 3.05) is 26.7 Å². The zero-order valence-corrected chi connectivity index (χ0v) is 9.03. The second-order valence-corrected chi connectivity index (χ2v) is 3.68. The number of aliphatic hydroxyl groups is 2. The van der Waals surface area contributed by atoms with Gasteiger partial charge in [-0.3, -0.25) is 0 Å². The fourth-order valence-electron chi connectivity index (χ4n) is 1.38. The van der Waals surface area contributed by atoms with E-state index in [2.05, 4.69) is 0 Å². The van der Waals surface area contributed by atoms with Crippen LogP contribution < -0.4 is 0 Å². The van der Waals surface area contributed by atoms with Gasteiger partial charge in [-0.15, -0.1) is 0 Å². The summed E-state index contributed by atoms with van der Waals surface area (Å²) in [6, 6.07) is 3.31. The van der Waals surface area contributed by atoms with Gasteiger partial charge in [-0.25, -0.2) is 8.78 Å². The van der Waals surface area contributed by atoms with Crippen LogP contribution in [0.1, 0.15) is 11.7 Å². The molecule has 0 aliphatic rings. The van der Waals surface area contributed by atoms with Crippen molar-refractivity contribution >= 4 is 0 Å². The molecule has 0 aliphatic carbocycles. The lowest BCUT2D eigenvalue weighted by molar-refractivity contribution is 0.114. The standard InChI is InChI=1S/C11H15F2NO2/c1-14(4-5-15)7-11(16)8-2-3-9(12)10(13)6-8/h2-3,6,11,15-16H,4-5,7H2,1H3/t11-/m1/s1. The minimum Gasteiger partial charge on any atom is -0.395 e. The second-order valence-electron chi connectivity index (χ2n) is 3.68. The number of nitrogens with zero attached hydrogens (tertiary/aromatic N) is 1. The third-order valence-corrected chi connectivity index (χ3v) is 2.29. The van der Waals surface area contributed by atoms with E-state index in [0.717, 1.165) is 12.1 Å². The number of likely N-dealkylation sites (N-methyl/N-ethyl adjacent to an activating group) is 1. The van der Waals surface area contributed by atoms with Crippen LogP contribution in [0.15, 0.2) is 18.2 Å². The topological polar surface area (TPSA) is 43.7 Å². The molecule has 1 rings (SSSR count). The lowest BCUT2D eigenvalue weighted by atomic mass is 10.1. The number of hydrogen-bond acceptors (Lipinski definition) is 3. The van der Waals surface area contributed by atoms with Gasteiger partial charge in [0.05, 0.1) is 12.7 Å². The maximum atomic E-state index is 12.9. The first-order valence-electron chi connectivity index (χ1n) is 4.97. The molecule has 0 aromatic heterocycles. The van der Waals surface area contributed by atoms with Gasteiger partial charge in [-0.1, -0.05) is 6.07 Å². The first-order valence-corrected chi connectivity index (χ1v) is 4.97. The van der Waals surface area contributed by atoms with Crippen LogP contribution in [-0.2, 0) is 0 Å². The molecule has 0 bridgehead atoms. The minimum absolute atomic E-state index is 0.0129. The Morgan fingerprint density at radius 1 is 1.31 bits per heavy atom. The molecule has 0 aliphatic heterocycles. The lowest BCUT2D eigenvalue weighted by Crippen LogP contribution is -2.27. The monoisotopic (exact) mass is 231 g/mol. The summed E-state index contributed by atoms with van der Waals surface area (Å²) in [5.74, 6) is -1.90. The number of halogens is 2. The van der Waals surface area contributed by atoms with Gasteiger partial charge in [0.25, 0.3) is 0 Å². The van der Waals surface area contributed by atoms with Crippen molar-refractivity contribution in [1.29, 1.82) is 0 Å². The minimum atomic E-state index is -0.971. The molecule has 0 amide bonds. The van der Waals surface area contributed by atoms with E-state index >= 15 is 0 Å². The quantitative estimate of drug-likeness (QED) is 0.792. The van der Waals surface area contributed by atoms with Crippen LogP contribution in [-0.4, -0.2) is 41.9 Å². The van der Waals surface area contributed by atoms with Gasteiger partial charge in [-0.2, -0.15) is 0 Å². The third kappa shape index (κ3) is 3.52. The van der Waals surface area contributed by atoms with Crippen LogP contribution in [0.5, 0.6) is 0 Å². The molecule has 1 aromatic rings. The highest BCUT2D eigenvalue weighted by atomic mass is 19.2. The summed E-state index contributed by atoms with van der Waals surface area (Å²) in [6.45, 7) is 0.660. The Kier molecular flexibility index (Phi) is 4.79. The van der Waals surface area contributed by atoms with E-state index < -0.39 is 17.7 Å². The largest absolute Gasteiger partial charge is 0.395 e. The zero-order chi connectivity index (χ0) is 12.1. The van der Waals surface area contributed by atoms with E-state index in [0.29, 0.717) is 12.1 Å². The van der Waals surface area contributed by atoms with Crippen molar-refractivity contribution in [3.63, 3.8) is 0 Å². The van der Waals surface area contributed by atoms with Gasteiger partial charge < -0.3 is 15.1 Å². The molecule has 0 heterocycles. The Hall–Kier alpha value is -1.04. The van der Waals surface area contributed by atoms with E-state index in [1.165, 1.54) is 6.07 Å². The molecule has 3 nitrogen and oxygen atoms in total. The maximum Gasteiger partial charge on any atom is 0.159 e. The van der Waals surface area contributed by atoms with Gasteiger partial charge in [0, 0.05) is 13.1 Å². The smallest absolute Gasteiger partial charge is 0.159 e. The van der Waals surface area contributed by atoms with Crippen LogP contribution in [0.2, 0.25) is 0 Å². The van der Waals surface area contributed by atoms with Crippen molar-refractivity contribution in [1.82, 2.24) is 4.90 Å². The number of rotatable bonds is 5. The summed E-state index contributed by atoms with van der Waals surface area (Å²) in [5.41, 5.74) is 0.323. The van der Waals surface area contributed by atoms with Gasteiger partial charge in [0.1, 0.15) is 0 Å². The first-order chi connectivity index (χ1) is 7.54. The highest BCUT2D eigenvalue weighted by Crippen LogP contribution is 2.16. The molecule has 1 aromatic carbocycles. The van der Waals surface area contributed by atoms with Crippen molar-refractivity contribution in [3.8, 4) is 0 Å². The molecule has 0 saturated carbocycles. The van der Waals surface area contributed by atoms with Crippen molar-refractivity contribution in [2.24, 2.45) is 0 Å². The molecular weight excluding hydrogens is 216 g/mol. The van der Waals surface area contributed by atoms with Crippen LogP contribution >= 0.6 is 0 Å². The van der Waals surface area contributed by atoms with Gasteiger partial charge in [0.15, 0.2) is 11.6 Å². The molecule has 5 heteroatoms. The van der Waals surface area contributed by atoms with E-state index in [9.17, 15) is 13.9 Å². The Morgan fingerprint density at radius 2 is 2.00 bits per heavy atom. The van der Waals surface area contributed by atoms with Crippen molar-refractivity contribution in [3.05, 3.63) is 35.4 Å². The van der Waals surface area contributed by atoms with Gasteiger partial charge in [-0.05, 0) is 24.7 Å².